The van der Waals surface area contributed by atoms with Gasteiger partial charge in [0.25, 0.3) is 5.91 Å². The molecule has 0 aliphatic rings. The van der Waals surface area contributed by atoms with E-state index in [0.717, 1.165) is 11.3 Å². The van der Waals surface area contributed by atoms with Crippen LogP contribution < -0.4 is 5.32 Å². The van der Waals surface area contributed by atoms with Gasteiger partial charge in [0.2, 0.25) is 0 Å². The first-order valence-electron chi connectivity index (χ1n) is 8.66. The molecule has 2 aromatic carbocycles. The van der Waals surface area contributed by atoms with Crippen LogP contribution in [0.5, 0.6) is 0 Å². The summed E-state index contributed by atoms with van der Waals surface area (Å²) in [4.78, 5) is 12.6. The molecule has 0 aliphatic carbocycles. The standard InChI is InChI=1S/C21H22FN3O/c1-15-20(16(2)25(24-15)14-17-8-4-3-5-9-17)21(26)23-13-12-18-10-6-7-11-19(18)22/h3-11H,12-14H2,1-2H3,(H,23,26). The van der Waals surface area contributed by atoms with Gasteiger partial charge in [-0.2, -0.15) is 5.10 Å². The number of halogens is 1. The predicted octanol–water partition coefficient (Wildman–Crippen LogP) is 3.66. The quantitative estimate of drug-likeness (QED) is 0.737. The van der Waals surface area contributed by atoms with Gasteiger partial charge in [-0.3, -0.25) is 9.48 Å². The SMILES string of the molecule is Cc1nn(Cc2ccccc2)c(C)c1C(=O)NCCc1ccccc1F. The van der Waals surface area contributed by atoms with E-state index in [1.807, 2.05) is 48.9 Å². The number of aryl methyl sites for hydroxylation is 1. The summed E-state index contributed by atoms with van der Waals surface area (Å²) in [5.74, 6) is -0.416. The summed E-state index contributed by atoms with van der Waals surface area (Å²) < 4.78 is 15.5. The first-order valence-corrected chi connectivity index (χ1v) is 8.66. The van der Waals surface area contributed by atoms with E-state index in [1.54, 1.807) is 18.2 Å². The summed E-state index contributed by atoms with van der Waals surface area (Å²) in [5, 5.41) is 7.38. The highest BCUT2D eigenvalue weighted by atomic mass is 19.1. The molecule has 4 nitrogen and oxygen atoms in total. The van der Waals surface area contributed by atoms with Crippen molar-refractivity contribution in [1.82, 2.24) is 15.1 Å². The second kappa shape index (κ2) is 7.95. The summed E-state index contributed by atoms with van der Waals surface area (Å²) >= 11 is 0. The maximum absolute atomic E-state index is 13.6. The molecule has 0 spiro atoms. The van der Waals surface area contributed by atoms with Crippen LogP contribution in [-0.2, 0) is 13.0 Å². The van der Waals surface area contributed by atoms with Crippen molar-refractivity contribution in [3.8, 4) is 0 Å². The molecule has 0 aliphatic heterocycles. The van der Waals surface area contributed by atoms with Crippen LogP contribution in [0, 0.1) is 19.7 Å². The minimum absolute atomic E-state index is 0.171. The van der Waals surface area contributed by atoms with Crippen molar-refractivity contribution < 1.29 is 9.18 Å². The minimum Gasteiger partial charge on any atom is -0.352 e. The van der Waals surface area contributed by atoms with E-state index in [-0.39, 0.29) is 11.7 Å². The fourth-order valence-corrected chi connectivity index (χ4v) is 3.04. The molecule has 1 N–H and O–H groups in total. The average Bonchev–Trinajstić information content (AvgIpc) is 2.91. The Morgan fingerprint density at radius 1 is 1.08 bits per heavy atom. The summed E-state index contributed by atoms with van der Waals surface area (Å²) in [7, 11) is 0. The Bertz CT molecular complexity index is 903. The topological polar surface area (TPSA) is 46.9 Å². The Balaban J connectivity index is 1.67. The largest absolute Gasteiger partial charge is 0.352 e. The van der Waals surface area contributed by atoms with Gasteiger partial charge in [0.1, 0.15) is 5.82 Å². The van der Waals surface area contributed by atoms with Crippen molar-refractivity contribution in [2.45, 2.75) is 26.8 Å². The van der Waals surface area contributed by atoms with Gasteiger partial charge in [-0.1, -0.05) is 48.5 Å². The lowest BCUT2D eigenvalue weighted by Crippen LogP contribution is -2.27. The molecule has 0 atom stereocenters. The molecule has 0 bridgehead atoms. The smallest absolute Gasteiger partial charge is 0.255 e. The van der Waals surface area contributed by atoms with Crippen LogP contribution in [0.2, 0.25) is 0 Å². The molecule has 1 aromatic heterocycles. The Kier molecular flexibility index (Phi) is 5.46. The van der Waals surface area contributed by atoms with Gasteiger partial charge >= 0.3 is 0 Å². The van der Waals surface area contributed by atoms with E-state index in [0.29, 0.717) is 36.3 Å². The molecule has 1 amide bonds. The first kappa shape index (κ1) is 17.9. The highest BCUT2D eigenvalue weighted by Crippen LogP contribution is 2.15. The number of hydrogen-bond donors (Lipinski definition) is 1. The van der Waals surface area contributed by atoms with Crippen LogP contribution in [0.25, 0.3) is 0 Å². The van der Waals surface area contributed by atoms with Gasteiger partial charge in [-0.25, -0.2) is 4.39 Å². The van der Waals surface area contributed by atoms with E-state index < -0.39 is 0 Å². The van der Waals surface area contributed by atoms with Crippen molar-refractivity contribution in [3.05, 3.63) is 88.5 Å². The van der Waals surface area contributed by atoms with Crippen LogP contribution in [0.1, 0.15) is 32.9 Å². The van der Waals surface area contributed by atoms with Crippen LogP contribution in [0.4, 0.5) is 4.39 Å². The number of rotatable bonds is 6. The molecule has 3 aromatic rings. The van der Waals surface area contributed by atoms with Crippen LogP contribution in [0.3, 0.4) is 0 Å². The Morgan fingerprint density at radius 3 is 2.50 bits per heavy atom. The maximum Gasteiger partial charge on any atom is 0.255 e. The number of nitrogens with one attached hydrogen (secondary N) is 1. The van der Waals surface area contributed by atoms with Gasteiger partial charge in [0.15, 0.2) is 0 Å². The van der Waals surface area contributed by atoms with E-state index in [9.17, 15) is 9.18 Å². The lowest BCUT2D eigenvalue weighted by molar-refractivity contribution is 0.0952. The predicted molar refractivity (Wildman–Crippen MR) is 99.7 cm³/mol. The molecular formula is C21H22FN3O. The maximum atomic E-state index is 13.6. The number of amides is 1. The molecule has 0 fully saturated rings. The molecule has 0 unspecified atom stereocenters. The van der Waals surface area contributed by atoms with Gasteiger partial charge < -0.3 is 5.32 Å². The van der Waals surface area contributed by atoms with Crippen LogP contribution >= 0.6 is 0 Å². The molecule has 3 rings (SSSR count). The second-order valence-corrected chi connectivity index (χ2v) is 6.29. The highest BCUT2D eigenvalue weighted by molar-refractivity contribution is 5.96. The zero-order valence-corrected chi connectivity index (χ0v) is 15.0. The molecule has 134 valence electrons. The summed E-state index contributed by atoms with van der Waals surface area (Å²) in [6, 6.07) is 16.6. The number of benzene rings is 2. The fraction of sp³-hybridized carbons (Fsp3) is 0.238. The molecule has 0 radical (unpaired) electrons. The lowest BCUT2D eigenvalue weighted by atomic mass is 10.1. The van der Waals surface area contributed by atoms with Crippen molar-refractivity contribution in [3.63, 3.8) is 0 Å². The van der Waals surface area contributed by atoms with Gasteiger partial charge in [0.05, 0.1) is 17.8 Å². The molecular weight excluding hydrogens is 329 g/mol. The van der Waals surface area contributed by atoms with Gasteiger partial charge in [0, 0.05) is 12.2 Å². The number of nitrogens with zero attached hydrogens (tertiary/aromatic N) is 2. The van der Waals surface area contributed by atoms with Gasteiger partial charge in [-0.05, 0) is 37.5 Å². The third-order valence-electron chi connectivity index (χ3n) is 4.42. The summed E-state index contributed by atoms with van der Waals surface area (Å²) in [5.41, 5.74) is 3.84. The number of aromatic nitrogens is 2. The van der Waals surface area contributed by atoms with Crippen LogP contribution in [-0.4, -0.2) is 22.2 Å². The van der Waals surface area contributed by atoms with Crippen molar-refractivity contribution in [2.24, 2.45) is 0 Å². The summed E-state index contributed by atoms with van der Waals surface area (Å²) in [6.07, 6.45) is 0.453. The van der Waals surface area contributed by atoms with Crippen molar-refractivity contribution >= 4 is 5.91 Å². The molecule has 1 heterocycles. The van der Waals surface area contributed by atoms with E-state index in [4.69, 9.17) is 0 Å². The second-order valence-electron chi connectivity index (χ2n) is 6.29. The minimum atomic E-state index is -0.246. The highest BCUT2D eigenvalue weighted by Gasteiger charge is 2.18. The molecule has 5 heteroatoms. The zero-order chi connectivity index (χ0) is 18.5. The monoisotopic (exact) mass is 351 g/mol. The normalized spacial score (nSPS) is 10.7. The van der Waals surface area contributed by atoms with E-state index in [1.165, 1.54) is 6.07 Å². The number of carbonyl (C=O) groups is 1. The van der Waals surface area contributed by atoms with Crippen molar-refractivity contribution in [1.29, 1.82) is 0 Å². The third kappa shape index (κ3) is 3.99. The molecule has 0 saturated carbocycles. The molecule has 26 heavy (non-hydrogen) atoms. The fourth-order valence-electron chi connectivity index (χ4n) is 3.04. The Morgan fingerprint density at radius 2 is 1.77 bits per heavy atom. The zero-order valence-electron chi connectivity index (χ0n) is 15.0. The van der Waals surface area contributed by atoms with E-state index in [2.05, 4.69) is 10.4 Å². The lowest BCUT2D eigenvalue weighted by Gasteiger charge is -2.08. The number of carbonyl (C=O) groups excluding carboxylic acids is 1. The van der Waals surface area contributed by atoms with E-state index >= 15 is 0 Å². The Hall–Kier alpha value is -2.95. The van der Waals surface area contributed by atoms with Crippen molar-refractivity contribution in [2.75, 3.05) is 6.54 Å². The average molecular weight is 351 g/mol. The van der Waals surface area contributed by atoms with Crippen LogP contribution in [0.15, 0.2) is 54.6 Å². The molecule has 0 saturated heterocycles. The first-order chi connectivity index (χ1) is 12.6. The number of hydrogen-bond acceptors (Lipinski definition) is 2. The van der Waals surface area contributed by atoms with Gasteiger partial charge in [-0.15, -0.1) is 0 Å². The Labute approximate surface area is 152 Å². The summed E-state index contributed by atoms with van der Waals surface area (Å²) in [6.45, 7) is 4.73. The third-order valence-corrected chi connectivity index (χ3v) is 4.42.